The van der Waals surface area contributed by atoms with Crippen LogP contribution < -0.4 is 10.1 Å². The number of methoxy groups -OCH3 is 2. The first kappa shape index (κ1) is 15.9. The molecule has 0 radical (unpaired) electrons. The van der Waals surface area contributed by atoms with E-state index in [1.54, 1.807) is 24.3 Å². The molecule has 1 aliphatic carbocycles. The number of carbonyl (C=O) groups excluding carboxylic acids is 2. The van der Waals surface area contributed by atoms with Gasteiger partial charge in [0, 0.05) is 5.69 Å². The Morgan fingerprint density at radius 1 is 1.18 bits per heavy atom. The summed E-state index contributed by atoms with van der Waals surface area (Å²) in [4.78, 5) is 22.9. The van der Waals surface area contributed by atoms with E-state index in [9.17, 15) is 9.59 Å². The van der Waals surface area contributed by atoms with Gasteiger partial charge in [-0.25, -0.2) is 9.59 Å². The zero-order valence-corrected chi connectivity index (χ0v) is 12.6. The molecule has 0 heterocycles. The van der Waals surface area contributed by atoms with Crippen molar-refractivity contribution in [2.75, 3.05) is 26.1 Å². The largest absolute Gasteiger partial charge is 0.493 e. The second-order valence-electron chi connectivity index (χ2n) is 4.98. The van der Waals surface area contributed by atoms with Gasteiger partial charge >= 0.3 is 11.9 Å². The fraction of sp³-hybridized carbons (Fsp3) is 0.375. The lowest BCUT2D eigenvalue weighted by atomic mass is 10.2. The molecule has 1 saturated carbocycles. The lowest BCUT2D eigenvalue weighted by Gasteiger charge is -2.10. The third-order valence-electron chi connectivity index (χ3n) is 3.18. The molecule has 0 amide bonds. The Kier molecular flexibility index (Phi) is 5.41. The number of hydrogen-bond acceptors (Lipinski definition) is 6. The third-order valence-corrected chi connectivity index (χ3v) is 3.18. The van der Waals surface area contributed by atoms with Crippen LogP contribution in [0.5, 0.6) is 5.75 Å². The summed E-state index contributed by atoms with van der Waals surface area (Å²) in [5.74, 6) is 0.164. The highest BCUT2D eigenvalue weighted by molar-refractivity contribution is 5.98. The van der Waals surface area contributed by atoms with Crippen LogP contribution in [0.2, 0.25) is 0 Å². The van der Waals surface area contributed by atoms with E-state index in [4.69, 9.17) is 4.74 Å². The quantitative estimate of drug-likeness (QED) is 0.614. The van der Waals surface area contributed by atoms with Crippen molar-refractivity contribution < 1.29 is 23.8 Å². The van der Waals surface area contributed by atoms with E-state index in [1.165, 1.54) is 27.1 Å². The standard InChI is InChI=1S/C16H19NO5/c1-20-15(18)9-14(16(19)21-2)17-12-5-7-13(8-6-12)22-10-11-3-4-11/h5-9,11,17H,3-4,10H2,1-2H3/b14-9+. The van der Waals surface area contributed by atoms with Crippen LogP contribution in [0.3, 0.4) is 0 Å². The normalized spacial score (nSPS) is 14.2. The van der Waals surface area contributed by atoms with E-state index in [1.807, 2.05) is 0 Å². The molecular formula is C16H19NO5. The molecular weight excluding hydrogens is 286 g/mol. The Morgan fingerprint density at radius 2 is 1.86 bits per heavy atom. The van der Waals surface area contributed by atoms with Gasteiger partial charge in [-0.2, -0.15) is 0 Å². The molecule has 6 nitrogen and oxygen atoms in total. The Labute approximate surface area is 129 Å². The van der Waals surface area contributed by atoms with Gasteiger partial charge in [-0.3, -0.25) is 0 Å². The molecule has 0 bridgehead atoms. The summed E-state index contributed by atoms with van der Waals surface area (Å²) in [6.07, 6.45) is 3.52. The van der Waals surface area contributed by atoms with Gasteiger partial charge in [-0.15, -0.1) is 0 Å². The van der Waals surface area contributed by atoms with Gasteiger partial charge in [-0.05, 0) is 43.0 Å². The van der Waals surface area contributed by atoms with Crippen molar-refractivity contribution in [3.8, 4) is 5.75 Å². The number of benzene rings is 1. The van der Waals surface area contributed by atoms with Crippen LogP contribution in [0, 0.1) is 5.92 Å². The highest BCUT2D eigenvalue weighted by atomic mass is 16.5. The average molecular weight is 305 g/mol. The lowest BCUT2D eigenvalue weighted by Crippen LogP contribution is -2.15. The van der Waals surface area contributed by atoms with Gasteiger partial charge in [0.15, 0.2) is 0 Å². The number of rotatable bonds is 7. The second kappa shape index (κ2) is 7.49. The molecule has 2 rings (SSSR count). The predicted molar refractivity (Wildman–Crippen MR) is 80.4 cm³/mol. The van der Waals surface area contributed by atoms with E-state index in [2.05, 4.69) is 14.8 Å². The topological polar surface area (TPSA) is 73.9 Å². The van der Waals surface area contributed by atoms with Crippen LogP contribution >= 0.6 is 0 Å². The molecule has 0 spiro atoms. The second-order valence-corrected chi connectivity index (χ2v) is 4.98. The lowest BCUT2D eigenvalue weighted by molar-refractivity contribution is -0.138. The highest BCUT2D eigenvalue weighted by Crippen LogP contribution is 2.29. The van der Waals surface area contributed by atoms with Crippen molar-refractivity contribution in [1.29, 1.82) is 0 Å². The molecule has 1 aromatic carbocycles. The monoisotopic (exact) mass is 305 g/mol. The maximum atomic E-state index is 11.6. The molecule has 0 unspecified atom stereocenters. The number of ether oxygens (including phenoxy) is 3. The number of esters is 2. The molecule has 1 N–H and O–H groups in total. The van der Waals surface area contributed by atoms with Crippen molar-refractivity contribution in [2.45, 2.75) is 12.8 Å². The summed E-state index contributed by atoms with van der Waals surface area (Å²) in [6.45, 7) is 0.739. The van der Waals surface area contributed by atoms with Gasteiger partial charge in [0.1, 0.15) is 11.4 Å². The molecule has 0 aliphatic heterocycles. The van der Waals surface area contributed by atoms with Gasteiger partial charge in [0.25, 0.3) is 0 Å². The number of nitrogens with one attached hydrogen (secondary N) is 1. The van der Waals surface area contributed by atoms with Gasteiger partial charge in [-0.1, -0.05) is 0 Å². The minimum Gasteiger partial charge on any atom is -0.493 e. The first-order chi connectivity index (χ1) is 10.6. The van der Waals surface area contributed by atoms with Crippen LogP contribution in [-0.2, 0) is 19.1 Å². The van der Waals surface area contributed by atoms with Gasteiger partial charge in [0.05, 0.1) is 26.9 Å². The molecule has 1 fully saturated rings. The number of carbonyl (C=O) groups is 2. The van der Waals surface area contributed by atoms with Crippen molar-refractivity contribution in [3.63, 3.8) is 0 Å². The van der Waals surface area contributed by atoms with E-state index >= 15 is 0 Å². The summed E-state index contributed by atoms with van der Waals surface area (Å²) in [5, 5.41) is 2.83. The Hall–Kier alpha value is -2.50. The molecule has 0 atom stereocenters. The van der Waals surface area contributed by atoms with Crippen LogP contribution in [0.4, 0.5) is 5.69 Å². The maximum Gasteiger partial charge on any atom is 0.354 e. The molecule has 0 saturated heterocycles. The van der Waals surface area contributed by atoms with E-state index in [-0.39, 0.29) is 5.70 Å². The first-order valence-electron chi connectivity index (χ1n) is 7.00. The fourth-order valence-corrected chi connectivity index (χ4v) is 1.72. The third kappa shape index (κ3) is 4.80. The molecule has 22 heavy (non-hydrogen) atoms. The molecule has 0 aromatic heterocycles. The maximum absolute atomic E-state index is 11.6. The smallest absolute Gasteiger partial charge is 0.354 e. The van der Waals surface area contributed by atoms with Crippen LogP contribution in [0.15, 0.2) is 36.0 Å². The summed E-state index contributed by atoms with van der Waals surface area (Å²) >= 11 is 0. The summed E-state index contributed by atoms with van der Waals surface area (Å²) < 4.78 is 14.8. The molecule has 1 aliphatic rings. The number of hydrogen-bond donors (Lipinski definition) is 1. The molecule has 118 valence electrons. The zero-order valence-electron chi connectivity index (χ0n) is 12.6. The van der Waals surface area contributed by atoms with Crippen LogP contribution in [0.1, 0.15) is 12.8 Å². The van der Waals surface area contributed by atoms with E-state index < -0.39 is 11.9 Å². The fourth-order valence-electron chi connectivity index (χ4n) is 1.72. The van der Waals surface area contributed by atoms with Crippen molar-refractivity contribution >= 4 is 17.6 Å². The Morgan fingerprint density at radius 3 is 2.41 bits per heavy atom. The minimum atomic E-state index is -0.653. The van der Waals surface area contributed by atoms with Crippen LogP contribution in [-0.4, -0.2) is 32.8 Å². The van der Waals surface area contributed by atoms with Crippen molar-refractivity contribution in [3.05, 3.63) is 36.0 Å². The average Bonchev–Trinajstić information content (AvgIpc) is 3.37. The highest BCUT2D eigenvalue weighted by Gasteiger charge is 2.21. The number of anilines is 1. The van der Waals surface area contributed by atoms with Crippen molar-refractivity contribution in [1.82, 2.24) is 0 Å². The van der Waals surface area contributed by atoms with E-state index in [0.717, 1.165) is 18.4 Å². The predicted octanol–water partition coefficient (Wildman–Crippen LogP) is 2.12. The first-order valence-corrected chi connectivity index (χ1v) is 7.00. The van der Waals surface area contributed by atoms with Gasteiger partial charge < -0.3 is 19.5 Å². The van der Waals surface area contributed by atoms with Crippen molar-refractivity contribution in [2.24, 2.45) is 5.92 Å². The summed E-state index contributed by atoms with van der Waals surface area (Å²) in [6, 6.07) is 7.13. The Balaban J connectivity index is 2.00. The molecule has 1 aromatic rings. The SMILES string of the molecule is COC(=O)/C=C(/Nc1ccc(OCC2CC2)cc1)C(=O)OC. The van der Waals surface area contributed by atoms with Gasteiger partial charge in [0.2, 0.25) is 0 Å². The Bertz CT molecular complexity index is 560. The zero-order chi connectivity index (χ0) is 15.9. The molecule has 6 heteroatoms. The summed E-state index contributed by atoms with van der Waals surface area (Å²) in [5.41, 5.74) is 0.639. The van der Waals surface area contributed by atoms with E-state index in [0.29, 0.717) is 11.6 Å². The summed E-state index contributed by atoms with van der Waals surface area (Å²) in [7, 11) is 2.48. The van der Waals surface area contributed by atoms with Crippen LogP contribution in [0.25, 0.3) is 0 Å². The minimum absolute atomic E-state index is 0.000925.